The third kappa shape index (κ3) is 4.89. The van der Waals surface area contributed by atoms with Crippen molar-refractivity contribution in [2.45, 2.75) is 33.2 Å². The number of amidine groups is 1. The summed E-state index contributed by atoms with van der Waals surface area (Å²) in [6.45, 7) is 6.34. The summed E-state index contributed by atoms with van der Waals surface area (Å²) in [7, 11) is 0. The van der Waals surface area contributed by atoms with Gasteiger partial charge in [0, 0.05) is 6.07 Å². The molecule has 32 heavy (non-hydrogen) atoms. The van der Waals surface area contributed by atoms with Gasteiger partial charge in [0.25, 0.3) is 5.69 Å². The second-order valence-electron chi connectivity index (χ2n) is 7.67. The third-order valence-electron chi connectivity index (χ3n) is 5.07. The van der Waals surface area contributed by atoms with E-state index in [2.05, 4.69) is 47.5 Å². The minimum absolute atomic E-state index is 0.0675. The maximum atomic E-state index is 11.1. The van der Waals surface area contributed by atoms with Gasteiger partial charge in [0.2, 0.25) is 0 Å². The smallest absolute Gasteiger partial charge is 0.273 e. The lowest BCUT2D eigenvalue weighted by Crippen LogP contribution is -2.37. The highest BCUT2D eigenvalue weighted by Gasteiger charge is 2.23. The number of aromatic nitrogens is 2. The van der Waals surface area contributed by atoms with Crippen LogP contribution in [0.2, 0.25) is 0 Å². The number of nitrogens with zero attached hydrogens (tertiary/aromatic N) is 4. The first-order chi connectivity index (χ1) is 15.4. The second kappa shape index (κ2) is 9.11. The molecule has 0 radical (unpaired) electrons. The van der Waals surface area contributed by atoms with Crippen molar-refractivity contribution in [3.63, 3.8) is 0 Å². The summed E-state index contributed by atoms with van der Waals surface area (Å²) in [4.78, 5) is 29.7. The van der Waals surface area contributed by atoms with Crippen molar-refractivity contribution in [2.75, 3.05) is 6.61 Å². The van der Waals surface area contributed by atoms with Crippen molar-refractivity contribution >= 4 is 11.5 Å². The third-order valence-corrected chi connectivity index (χ3v) is 5.07. The molecule has 0 spiro atoms. The number of nitro benzene ring substituents is 1. The number of non-ortho nitro benzene ring substituents is 1. The summed E-state index contributed by atoms with van der Waals surface area (Å²) in [6.07, 6.45) is 2.25. The molecule has 0 amide bonds. The van der Waals surface area contributed by atoms with Gasteiger partial charge in [0.05, 0.1) is 29.8 Å². The van der Waals surface area contributed by atoms with Gasteiger partial charge in [0.1, 0.15) is 11.6 Å². The van der Waals surface area contributed by atoms with E-state index < -0.39 is 4.92 Å². The van der Waals surface area contributed by atoms with Crippen LogP contribution in [0.1, 0.15) is 28.2 Å². The van der Waals surface area contributed by atoms with Gasteiger partial charge < -0.3 is 4.74 Å². The normalized spacial score (nSPS) is 15.6. The van der Waals surface area contributed by atoms with Crippen LogP contribution in [0.5, 0.6) is 11.5 Å². The standard InChI is InChI=1S/C23H23N5O4/c1-14-7-8-17(15(2)9-14)10-18-13-31-27-23(26-18)22-21(12-24-16(3)25-22)32-20-6-4-5-19(11-20)28(29)30/h4-9,11-12,18H,10,13H2,1-3H3,(H,26,27). The molecule has 1 N–H and O–H groups in total. The van der Waals surface area contributed by atoms with Gasteiger partial charge in [-0.2, -0.15) is 0 Å². The Morgan fingerprint density at radius 3 is 2.84 bits per heavy atom. The molecule has 1 aliphatic rings. The van der Waals surface area contributed by atoms with Crippen LogP contribution in [0.15, 0.2) is 53.7 Å². The summed E-state index contributed by atoms with van der Waals surface area (Å²) < 4.78 is 5.89. The minimum atomic E-state index is -0.475. The van der Waals surface area contributed by atoms with Crippen LogP contribution in [-0.4, -0.2) is 33.4 Å². The number of hydrogen-bond donors (Lipinski definition) is 1. The Balaban J connectivity index is 1.63. The molecule has 9 nitrogen and oxygen atoms in total. The van der Waals surface area contributed by atoms with Gasteiger partial charge in [-0.3, -0.25) is 19.9 Å². The lowest BCUT2D eigenvalue weighted by atomic mass is 9.99. The number of aliphatic imine (C=N–C) groups is 1. The Kier molecular flexibility index (Phi) is 6.09. The summed E-state index contributed by atoms with van der Waals surface area (Å²) in [5.41, 5.74) is 6.83. The Labute approximate surface area is 185 Å². The van der Waals surface area contributed by atoms with Crippen molar-refractivity contribution in [3.05, 3.63) is 87.0 Å². The van der Waals surface area contributed by atoms with Crippen LogP contribution < -0.4 is 10.2 Å². The van der Waals surface area contributed by atoms with Crippen molar-refractivity contribution < 1.29 is 14.5 Å². The lowest BCUT2D eigenvalue weighted by molar-refractivity contribution is -0.384. The fourth-order valence-electron chi connectivity index (χ4n) is 3.49. The maximum absolute atomic E-state index is 11.1. The average Bonchev–Trinajstić information content (AvgIpc) is 2.77. The number of nitrogens with one attached hydrogen (secondary N) is 1. The Morgan fingerprint density at radius 2 is 2.06 bits per heavy atom. The zero-order valence-corrected chi connectivity index (χ0v) is 18.0. The zero-order valence-electron chi connectivity index (χ0n) is 18.0. The predicted octanol–water partition coefficient (Wildman–Crippen LogP) is 4.00. The van der Waals surface area contributed by atoms with Crippen LogP contribution in [-0.2, 0) is 11.3 Å². The number of ether oxygens (including phenoxy) is 1. The Morgan fingerprint density at radius 1 is 1.22 bits per heavy atom. The molecule has 0 saturated heterocycles. The van der Waals surface area contributed by atoms with Crippen molar-refractivity contribution in [1.82, 2.24) is 15.4 Å². The zero-order chi connectivity index (χ0) is 22.7. The molecule has 1 unspecified atom stereocenters. The number of hydroxylamine groups is 1. The molecule has 3 aromatic rings. The fourth-order valence-corrected chi connectivity index (χ4v) is 3.49. The van der Waals surface area contributed by atoms with E-state index in [0.29, 0.717) is 35.5 Å². The summed E-state index contributed by atoms with van der Waals surface area (Å²) >= 11 is 0. The molecule has 1 atom stereocenters. The van der Waals surface area contributed by atoms with E-state index in [1.807, 2.05) is 0 Å². The van der Waals surface area contributed by atoms with Crippen molar-refractivity contribution in [1.29, 1.82) is 0 Å². The van der Waals surface area contributed by atoms with E-state index in [0.717, 1.165) is 6.42 Å². The molecule has 9 heteroatoms. The lowest BCUT2D eigenvalue weighted by Gasteiger charge is -2.23. The topological polar surface area (TPSA) is 112 Å². The molecule has 4 rings (SSSR count). The first-order valence-electron chi connectivity index (χ1n) is 10.2. The average molecular weight is 433 g/mol. The SMILES string of the molecule is Cc1ccc(CC2CONC(c3nc(C)ncc3Oc3cccc([N+](=O)[O-])c3)=N2)c(C)c1. The van der Waals surface area contributed by atoms with Crippen molar-refractivity contribution in [2.24, 2.45) is 4.99 Å². The largest absolute Gasteiger partial charge is 0.453 e. The highest BCUT2D eigenvalue weighted by Crippen LogP contribution is 2.27. The van der Waals surface area contributed by atoms with Crippen LogP contribution in [0.25, 0.3) is 0 Å². The van der Waals surface area contributed by atoms with E-state index in [1.165, 1.54) is 35.0 Å². The number of benzene rings is 2. The van der Waals surface area contributed by atoms with Crippen LogP contribution >= 0.6 is 0 Å². The summed E-state index contributed by atoms with van der Waals surface area (Å²) in [6, 6.07) is 12.2. The van der Waals surface area contributed by atoms with Gasteiger partial charge in [-0.1, -0.05) is 29.8 Å². The number of rotatable bonds is 6. The molecule has 1 aliphatic heterocycles. The highest BCUT2D eigenvalue weighted by molar-refractivity contribution is 5.99. The molecular formula is C23H23N5O4. The van der Waals surface area contributed by atoms with Gasteiger partial charge in [0.15, 0.2) is 17.3 Å². The van der Waals surface area contributed by atoms with E-state index in [1.54, 1.807) is 19.1 Å². The highest BCUT2D eigenvalue weighted by atomic mass is 16.6. The fraction of sp³-hybridized carbons (Fsp3) is 0.261. The number of aryl methyl sites for hydroxylation is 3. The quantitative estimate of drug-likeness (QED) is 0.462. The van der Waals surface area contributed by atoms with Crippen LogP contribution in [0.4, 0.5) is 5.69 Å². The van der Waals surface area contributed by atoms with Gasteiger partial charge in [-0.05, 0) is 44.4 Å². The van der Waals surface area contributed by atoms with E-state index in [4.69, 9.17) is 14.6 Å². The first kappa shape index (κ1) is 21.4. The molecule has 2 heterocycles. The second-order valence-corrected chi connectivity index (χ2v) is 7.67. The van der Waals surface area contributed by atoms with E-state index in [9.17, 15) is 10.1 Å². The molecular weight excluding hydrogens is 410 g/mol. The van der Waals surface area contributed by atoms with Crippen LogP contribution in [0, 0.1) is 30.9 Å². The molecule has 0 bridgehead atoms. The van der Waals surface area contributed by atoms with Gasteiger partial charge in [-0.15, -0.1) is 0 Å². The van der Waals surface area contributed by atoms with Crippen molar-refractivity contribution in [3.8, 4) is 11.5 Å². The summed E-state index contributed by atoms with van der Waals surface area (Å²) in [5, 5.41) is 11.1. The van der Waals surface area contributed by atoms with Gasteiger partial charge in [-0.25, -0.2) is 15.4 Å². The first-order valence-corrected chi connectivity index (χ1v) is 10.2. The van der Waals surface area contributed by atoms with Gasteiger partial charge >= 0.3 is 0 Å². The Hall–Kier alpha value is -3.85. The molecule has 2 aromatic carbocycles. The number of hydrogen-bond acceptors (Lipinski definition) is 8. The molecule has 0 saturated carbocycles. The molecule has 1 aromatic heterocycles. The predicted molar refractivity (Wildman–Crippen MR) is 119 cm³/mol. The molecule has 0 fully saturated rings. The minimum Gasteiger partial charge on any atom is -0.453 e. The molecule has 164 valence electrons. The monoisotopic (exact) mass is 433 g/mol. The van der Waals surface area contributed by atoms with E-state index >= 15 is 0 Å². The van der Waals surface area contributed by atoms with Crippen LogP contribution in [0.3, 0.4) is 0 Å². The number of nitro groups is 1. The van der Waals surface area contributed by atoms with E-state index in [-0.39, 0.29) is 11.7 Å². The Bertz CT molecular complexity index is 1190. The molecule has 0 aliphatic carbocycles. The summed E-state index contributed by atoms with van der Waals surface area (Å²) in [5.74, 6) is 1.58. The maximum Gasteiger partial charge on any atom is 0.273 e.